The lowest BCUT2D eigenvalue weighted by Crippen LogP contribution is -2.38. The van der Waals surface area contributed by atoms with Gasteiger partial charge in [-0.15, -0.1) is 0 Å². The van der Waals surface area contributed by atoms with Gasteiger partial charge in [0.2, 0.25) is 10.0 Å². The van der Waals surface area contributed by atoms with E-state index in [4.69, 9.17) is 5.11 Å². The van der Waals surface area contributed by atoms with Crippen LogP contribution in [0.25, 0.3) is 0 Å². The molecular formula is C10H11BrN2O6S. The van der Waals surface area contributed by atoms with E-state index in [9.17, 15) is 23.3 Å². The highest BCUT2D eigenvalue weighted by Gasteiger charge is 2.25. The Labute approximate surface area is 123 Å². The number of nitrogens with zero attached hydrogens (tertiary/aromatic N) is 1. The Morgan fingerprint density at radius 3 is 2.50 bits per heavy atom. The standard InChI is InChI=1S/C10H11BrN2O6S/c1-5-8(11)3-7(4-9(5)13(16)17)20(18,19)12-6(2)10(14)15/h3-4,6,12H,1-2H3,(H,14,15)/t6-/m1/s1. The van der Waals surface area contributed by atoms with Crippen molar-refractivity contribution >= 4 is 37.6 Å². The summed E-state index contributed by atoms with van der Waals surface area (Å²) < 4.78 is 26.1. The molecule has 0 fully saturated rings. The summed E-state index contributed by atoms with van der Waals surface area (Å²) in [5, 5.41) is 19.5. The van der Waals surface area contributed by atoms with Crippen molar-refractivity contribution in [3.05, 3.63) is 32.3 Å². The summed E-state index contributed by atoms with van der Waals surface area (Å²) in [5.41, 5.74) is -0.0945. The molecule has 0 aliphatic carbocycles. The Bertz CT molecular complexity index is 673. The van der Waals surface area contributed by atoms with Gasteiger partial charge in [-0.25, -0.2) is 8.42 Å². The third-order valence-corrected chi connectivity index (χ3v) is 4.84. The molecule has 10 heteroatoms. The lowest BCUT2D eigenvalue weighted by molar-refractivity contribution is -0.385. The molecule has 2 N–H and O–H groups in total. The number of nitro groups is 1. The van der Waals surface area contributed by atoms with Crippen LogP contribution in [0.15, 0.2) is 21.5 Å². The monoisotopic (exact) mass is 366 g/mol. The molecule has 1 rings (SSSR count). The van der Waals surface area contributed by atoms with Gasteiger partial charge in [0, 0.05) is 16.1 Å². The van der Waals surface area contributed by atoms with Crippen molar-refractivity contribution in [2.75, 3.05) is 0 Å². The average Bonchev–Trinajstić information content (AvgIpc) is 2.31. The topological polar surface area (TPSA) is 127 Å². The van der Waals surface area contributed by atoms with E-state index >= 15 is 0 Å². The third kappa shape index (κ3) is 3.52. The molecule has 0 saturated carbocycles. The number of benzene rings is 1. The summed E-state index contributed by atoms with van der Waals surface area (Å²) in [4.78, 5) is 20.4. The summed E-state index contributed by atoms with van der Waals surface area (Å²) in [6.45, 7) is 2.61. The Hall–Kier alpha value is -1.52. The lowest BCUT2D eigenvalue weighted by atomic mass is 10.2. The van der Waals surface area contributed by atoms with E-state index < -0.39 is 27.0 Å². The number of hydrogen-bond donors (Lipinski definition) is 2. The molecule has 0 radical (unpaired) electrons. The van der Waals surface area contributed by atoms with Gasteiger partial charge < -0.3 is 5.11 Å². The number of carboxylic acid groups (broad SMARTS) is 1. The molecule has 0 amide bonds. The molecule has 20 heavy (non-hydrogen) atoms. The average molecular weight is 367 g/mol. The first-order valence-corrected chi connectivity index (χ1v) is 7.53. The predicted molar refractivity (Wildman–Crippen MR) is 73.0 cm³/mol. The Kier molecular flexibility index (Phi) is 4.84. The Balaban J connectivity index is 3.33. The van der Waals surface area contributed by atoms with Crippen LogP contribution < -0.4 is 4.72 Å². The molecule has 1 aromatic rings. The van der Waals surface area contributed by atoms with Crippen molar-refractivity contribution < 1.29 is 23.2 Å². The molecule has 0 saturated heterocycles. The molecule has 0 aromatic heterocycles. The van der Waals surface area contributed by atoms with Crippen molar-refractivity contribution in [1.29, 1.82) is 0 Å². The van der Waals surface area contributed by atoms with Crippen molar-refractivity contribution in [3.63, 3.8) is 0 Å². The predicted octanol–water partition coefficient (Wildman–Crippen LogP) is 1.42. The maximum atomic E-state index is 12.0. The molecule has 0 spiro atoms. The summed E-state index contributed by atoms with van der Waals surface area (Å²) in [6, 6.07) is 0.718. The lowest BCUT2D eigenvalue weighted by Gasteiger charge is -2.11. The van der Waals surface area contributed by atoms with Gasteiger partial charge in [0.25, 0.3) is 5.69 Å². The van der Waals surface area contributed by atoms with Crippen LogP contribution >= 0.6 is 15.9 Å². The molecule has 0 heterocycles. The highest BCUT2D eigenvalue weighted by atomic mass is 79.9. The van der Waals surface area contributed by atoms with Gasteiger partial charge in [0.1, 0.15) is 6.04 Å². The number of carbonyl (C=O) groups is 1. The fourth-order valence-electron chi connectivity index (χ4n) is 1.34. The molecule has 8 nitrogen and oxygen atoms in total. The molecule has 1 aromatic carbocycles. The van der Waals surface area contributed by atoms with Crippen LogP contribution in [0.3, 0.4) is 0 Å². The minimum absolute atomic E-state index is 0.245. The highest BCUT2D eigenvalue weighted by molar-refractivity contribution is 9.10. The fourth-order valence-corrected chi connectivity index (χ4v) is 3.18. The second-order valence-electron chi connectivity index (χ2n) is 3.99. The Morgan fingerprint density at radius 2 is 2.05 bits per heavy atom. The quantitative estimate of drug-likeness (QED) is 0.599. The second-order valence-corrected chi connectivity index (χ2v) is 6.56. The summed E-state index contributed by atoms with van der Waals surface area (Å²) in [7, 11) is -4.17. The van der Waals surface area contributed by atoms with Crippen LogP contribution in [-0.2, 0) is 14.8 Å². The maximum Gasteiger partial charge on any atom is 0.321 e. The molecule has 0 aliphatic heterocycles. The van der Waals surface area contributed by atoms with Crippen LogP contribution in [0.4, 0.5) is 5.69 Å². The van der Waals surface area contributed by atoms with Crippen molar-refractivity contribution in [3.8, 4) is 0 Å². The fraction of sp³-hybridized carbons (Fsp3) is 0.300. The van der Waals surface area contributed by atoms with Crippen LogP contribution in [0.2, 0.25) is 0 Å². The molecule has 0 aliphatic rings. The largest absolute Gasteiger partial charge is 0.480 e. The van der Waals surface area contributed by atoms with Crippen LogP contribution in [0.1, 0.15) is 12.5 Å². The Morgan fingerprint density at radius 1 is 1.50 bits per heavy atom. The molecule has 0 unspecified atom stereocenters. The zero-order chi connectivity index (χ0) is 15.7. The SMILES string of the molecule is Cc1c(Br)cc(S(=O)(=O)N[C@H](C)C(=O)O)cc1[N+](=O)[O-]. The normalized spacial score (nSPS) is 12.9. The molecule has 110 valence electrons. The van der Waals surface area contributed by atoms with Gasteiger partial charge in [-0.3, -0.25) is 14.9 Å². The maximum absolute atomic E-state index is 12.0. The van der Waals surface area contributed by atoms with Gasteiger partial charge in [0.05, 0.1) is 9.82 Å². The number of hydrogen-bond acceptors (Lipinski definition) is 5. The first-order chi connectivity index (χ1) is 9.06. The minimum atomic E-state index is -4.17. The first kappa shape index (κ1) is 16.5. The molecular weight excluding hydrogens is 356 g/mol. The summed E-state index contributed by atoms with van der Waals surface area (Å²) in [6.07, 6.45) is 0. The third-order valence-electron chi connectivity index (χ3n) is 2.50. The number of sulfonamides is 1. The summed E-state index contributed by atoms with van der Waals surface area (Å²) >= 11 is 3.04. The minimum Gasteiger partial charge on any atom is -0.480 e. The van der Waals surface area contributed by atoms with Crippen molar-refractivity contribution in [2.45, 2.75) is 24.8 Å². The van der Waals surface area contributed by atoms with Crippen molar-refractivity contribution in [1.82, 2.24) is 4.72 Å². The number of nitro benzene ring substituents is 1. The zero-order valence-electron chi connectivity index (χ0n) is 10.5. The van der Waals surface area contributed by atoms with Crippen LogP contribution in [0, 0.1) is 17.0 Å². The van der Waals surface area contributed by atoms with E-state index in [1.165, 1.54) is 13.0 Å². The zero-order valence-corrected chi connectivity index (χ0v) is 12.9. The van der Waals surface area contributed by atoms with Gasteiger partial charge in [-0.1, -0.05) is 15.9 Å². The smallest absolute Gasteiger partial charge is 0.321 e. The van der Waals surface area contributed by atoms with E-state index in [1.807, 2.05) is 4.72 Å². The highest BCUT2D eigenvalue weighted by Crippen LogP contribution is 2.29. The number of aliphatic carboxylic acids is 1. The van der Waals surface area contributed by atoms with Crippen LogP contribution in [-0.4, -0.2) is 30.5 Å². The second kappa shape index (κ2) is 5.85. The van der Waals surface area contributed by atoms with Gasteiger partial charge >= 0.3 is 5.97 Å². The van der Waals surface area contributed by atoms with Crippen LogP contribution in [0.5, 0.6) is 0 Å². The number of rotatable bonds is 5. The summed E-state index contributed by atoms with van der Waals surface area (Å²) in [5.74, 6) is -1.35. The molecule has 1 atom stereocenters. The first-order valence-electron chi connectivity index (χ1n) is 5.26. The van der Waals surface area contributed by atoms with Gasteiger partial charge in [-0.05, 0) is 19.9 Å². The van der Waals surface area contributed by atoms with Gasteiger partial charge in [0.15, 0.2) is 0 Å². The van der Waals surface area contributed by atoms with E-state index in [2.05, 4.69) is 15.9 Å². The molecule has 0 bridgehead atoms. The van der Waals surface area contributed by atoms with Crippen molar-refractivity contribution in [2.24, 2.45) is 0 Å². The van der Waals surface area contributed by atoms with E-state index in [1.54, 1.807) is 0 Å². The number of carboxylic acids is 1. The van der Waals surface area contributed by atoms with Gasteiger partial charge in [-0.2, -0.15) is 4.72 Å². The number of halogens is 1. The number of nitrogens with one attached hydrogen (secondary N) is 1. The van der Waals surface area contributed by atoms with E-state index in [0.717, 1.165) is 13.0 Å². The van der Waals surface area contributed by atoms with E-state index in [-0.39, 0.29) is 20.6 Å². The van der Waals surface area contributed by atoms with E-state index in [0.29, 0.717) is 0 Å².